The van der Waals surface area contributed by atoms with Gasteiger partial charge in [0.25, 0.3) is 0 Å². The topological polar surface area (TPSA) is 92.3 Å². The number of hydrogen-bond acceptors (Lipinski definition) is 10. The molecule has 0 amide bonds. The van der Waals surface area contributed by atoms with E-state index in [4.69, 9.17) is 47.4 Å². The summed E-state index contributed by atoms with van der Waals surface area (Å²) in [6, 6.07) is 40.5. The van der Waals surface area contributed by atoms with E-state index in [0.29, 0.717) is 92.5 Å². The first kappa shape index (κ1) is 40.2. The average Bonchev–Trinajstić information content (AvgIpc) is 3.22. The number of ether oxygens (including phenoxy) is 10. The molecule has 1 saturated heterocycles. The fourth-order valence-electron chi connectivity index (χ4n) is 6.57. The van der Waals surface area contributed by atoms with Crippen LogP contribution in [0.2, 0.25) is 0 Å². The summed E-state index contributed by atoms with van der Waals surface area (Å²) in [7, 11) is 0. The largest absolute Gasteiger partial charge is 0.377 e. The molecule has 6 atom stereocenters. The lowest BCUT2D eigenvalue weighted by Gasteiger charge is -2.49. The summed E-state index contributed by atoms with van der Waals surface area (Å²) in [5.41, 5.74) is 4.12. The lowest BCUT2D eigenvalue weighted by atomic mass is 9.83. The average molecular weight is 743 g/mol. The molecule has 290 valence electrons. The zero-order valence-corrected chi connectivity index (χ0v) is 31.0. The molecule has 0 radical (unpaired) electrons. The van der Waals surface area contributed by atoms with E-state index in [0.717, 1.165) is 22.3 Å². The third-order valence-corrected chi connectivity index (χ3v) is 9.28. The van der Waals surface area contributed by atoms with E-state index in [1.165, 1.54) is 0 Å². The maximum Gasteiger partial charge on any atom is 0.116 e. The molecule has 0 N–H and O–H groups in total. The first-order valence-corrected chi connectivity index (χ1v) is 19.0. The number of fused-ring (bicyclic) bond motifs is 1. The van der Waals surface area contributed by atoms with Gasteiger partial charge in [0.2, 0.25) is 0 Å². The van der Waals surface area contributed by atoms with Crippen LogP contribution in [0, 0.1) is 0 Å². The van der Waals surface area contributed by atoms with Crippen LogP contribution in [0.25, 0.3) is 0 Å². The van der Waals surface area contributed by atoms with Crippen molar-refractivity contribution in [3.63, 3.8) is 0 Å². The van der Waals surface area contributed by atoms with Crippen molar-refractivity contribution < 1.29 is 47.4 Å². The molecule has 2 fully saturated rings. The molecule has 4 aromatic carbocycles. The molecule has 0 unspecified atom stereocenters. The first-order chi connectivity index (χ1) is 26.8. The minimum atomic E-state index is -0.617. The summed E-state index contributed by atoms with van der Waals surface area (Å²) in [6.07, 6.45) is -3.67. The molecule has 0 bridgehead atoms. The minimum Gasteiger partial charge on any atom is -0.377 e. The van der Waals surface area contributed by atoms with Crippen LogP contribution in [0.1, 0.15) is 22.3 Å². The molecule has 1 saturated carbocycles. The summed E-state index contributed by atoms with van der Waals surface area (Å²) in [5, 5.41) is 0. The normalized spacial score (nSPS) is 25.2. The van der Waals surface area contributed by atoms with Gasteiger partial charge in [0.15, 0.2) is 0 Å². The Kier molecular flexibility index (Phi) is 17.4. The molecule has 2 aliphatic rings. The van der Waals surface area contributed by atoms with Crippen LogP contribution in [0.5, 0.6) is 0 Å². The maximum atomic E-state index is 6.92. The SMILES string of the molecule is c1ccc(CO[C@H]2[C@H](OCc3ccccc3)[C@@H](OCc3ccccc3)[C@@H]3OCCOCCOCCOCCOCCO[C@H]3[C@@H]2OCc2ccccc2)cc1. The van der Waals surface area contributed by atoms with Crippen molar-refractivity contribution in [1.29, 1.82) is 0 Å². The zero-order valence-electron chi connectivity index (χ0n) is 31.0. The molecular weight excluding hydrogens is 688 g/mol. The first-order valence-electron chi connectivity index (χ1n) is 19.0. The molecule has 10 nitrogen and oxygen atoms in total. The lowest BCUT2D eigenvalue weighted by Crippen LogP contribution is -2.67. The molecule has 1 heterocycles. The van der Waals surface area contributed by atoms with Crippen molar-refractivity contribution in [2.24, 2.45) is 0 Å². The molecule has 0 aromatic heterocycles. The standard InChI is InChI=1S/C44H54O10/c1-5-13-35(14-6-1)31-51-41-39-40(50-30-28-48-26-24-46-22-21-45-23-25-47-27-29-49-39)42(52-32-36-15-7-2-8-16-36)44(54-34-38-19-11-4-12-20-38)43(41)53-33-37-17-9-3-10-18-37/h1-20,39-44H,21-34H2/t39-,40-,41+,42+,43-,44-/m1/s1. The molecule has 54 heavy (non-hydrogen) atoms. The van der Waals surface area contributed by atoms with Crippen molar-refractivity contribution >= 4 is 0 Å². The summed E-state index contributed by atoms with van der Waals surface area (Å²) >= 11 is 0. The molecule has 1 aliphatic carbocycles. The van der Waals surface area contributed by atoms with Crippen LogP contribution < -0.4 is 0 Å². The van der Waals surface area contributed by atoms with E-state index >= 15 is 0 Å². The maximum absolute atomic E-state index is 6.92. The zero-order chi connectivity index (χ0) is 36.9. The third kappa shape index (κ3) is 13.1. The van der Waals surface area contributed by atoms with Crippen molar-refractivity contribution in [3.05, 3.63) is 144 Å². The van der Waals surface area contributed by atoms with Crippen molar-refractivity contribution in [2.75, 3.05) is 66.1 Å². The van der Waals surface area contributed by atoms with Crippen LogP contribution in [0.3, 0.4) is 0 Å². The van der Waals surface area contributed by atoms with Crippen molar-refractivity contribution in [1.82, 2.24) is 0 Å². The molecule has 10 heteroatoms. The molecule has 4 aromatic rings. The van der Waals surface area contributed by atoms with E-state index in [-0.39, 0.29) is 0 Å². The predicted molar refractivity (Wildman–Crippen MR) is 203 cm³/mol. The second kappa shape index (κ2) is 23.4. The summed E-state index contributed by atoms with van der Waals surface area (Å²) < 4.78 is 64.3. The van der Waals surface area contributed by atoms with Crippen LogP contribution in [0.4, 0.5) is 0 Å². The highest BCUT2D eigenvalue weighted by molar-refractivity contribution is 5.17. The number of hydrogen-bond donors (Lipinski definition) is 0. The Morgan fingerprint density at radius 2 is 0.556 bits per heavy atom. The third-order valence-electron chi connectivity index (χ3n) is 9.28. The fraction of sp³-hybridized carbons (Fsp3) is 0.455. The molecule has 0 spiro atoms. The van der Waals surface area contributed by atoms with E-state index in [1.807, 2.05) is 97.1 Å². The van der Waals surface area contributed by atoms with Crippen LogP contribution >= 0.6 is 0 Å². The van der Waals surface area contributed by atoms with E-state index in [1.54, 1.807) is 0 Å². The minimum absolute atomic E-state index is 0.293. The Labute approximate surface area is 319 Å². The van der Waals surface area contributed by atoms with Crippen LogP contribution in [-0.2, 0) is 73.8 Å². The number of benzene rings is 4. The molecule has 1 aliphatic heterocycles. The van der Waals surface area contributed by atoms with Gasteiger partial charge in [-0.15, -0.1) is 0 Å². The summed E-state index contributed by atoms with van der Waals surface area (Å²) in [4.78, 5) is 0. The van der Waals surface area contributed by atoms with E-state index < -0.39 is 36.6 Å². The molecular formula is C44H54O10. The Hall–Kier alpha value is -3.52. The van der Waals surface area contributed by atoms with Crippen molar-refractivity contribution in [3.8, 4) is 0 Å². The smallest absolute Gasteiger partial charge is 0.116 e. The van der Waals surface area contributed by atoms with E-state index in [9.17, 15) is 0 Å². The monoisotopic (exact) mass is 742 g/mol. The molecule has 6 rings (SSSR count). The Bertz CT molecular complexity index is 1410. The Balaban J connectivity index is 1.35. The van der Waals surface area contributed by atoms with Gasteiger partial charge in [-0.2, -0.15) is 0 Å². The van der Waals surface area contributed by atoms with Gasteiger partial charge in [0.05, 0.1) is 92.5 Å². The van der Waals surface area contributed by atoms with Crippen molar-refractivity contribution in [2.45, 2.75) is 63.1 Å². The van der Waals surface area contributed by atoms with Gasteiger partial charge in [-0.25, -0.2) is 0 Å². The fourth-order valence-corrected chi connectivity index (χ4v) is 6.57. The van der Waals surface area contributed by atoms with Gasteiger partial charge in [0.1, 0.15) is 36.6 Å². The van der Waals surface area contributed by atoms with E-state index in [2.05, 4.69) is 24.3 Å². The highest BCUT2D eigenvalue weighted by atomic mass is 16.6. The summed E-state index contributed by atoms with van der Waals surface area (Å²) in [6.45, 7) is 5.43. The van der Waals surface area contributed by atoms with Gasteiger partial charge in [-0.05, 0) is 22.3 Å². The Morgan fingerprint density at radius 1 is 0.315 bits per heavy atom. The van der Waals surface area contributed by atoms with Gasteiger partial charge in [0, 0.05) is 0 Å². The summed E-state index contributed by atoms with van der Waals surface area (Å²) in [5.74, 6) is 0. The quantitative estimate of drug-likeness (QED) is 0.167. The van der Waals surface area contributed by atoms with Gasteiger partial charge in [-0.3, -0.25) is 0 Å². The van der Waals surface area contributed by atoms with Crippen LogP contribution in [-0.4, -0.2) is 103 Å². The lowest BCUT2D eigenvalue weighted by molar-refractivity contribution is -0.290. The highest BCUT2D eigenvalue weighted by Crippen LogP contribution is 2.36. The second-order valence-electron chi connectivity index (χ2n) is 13.2. The highest BCUT2D eigenvalue weighted by Gasteiger charge is 2.55. The Morgan fingerprint density at radius 3 is 0.833 bits per heavy atom. The van der Waals surface area contributed by atoms with Gasteiger partial charge in [-0.1, -0.05) is 121 Å². The van der Waals surface area contributed by atoms with Gasteiger partial charge >= 0.3 is 0 Å². The predicted octanol–water partition coefficient (Wildman–Crippen LogP) is 6.19. The van der Waals surface area contributed by atoms with Gasteiger partial charge < -0.3 is 47.4 Å². The second-order valence-corrected chi connectivity index (χ2v) is 13.2. The number of rotatable bonds is 12. The van der Waals surface area contributed by atoms with Crippen LogP contribution in [0.15, 0.2) is 121 Å².